The highest BCUT2D eigenvalue weighted by Gasteiger charge is 2.53. The van der Waals surface area contributed by atoms with Gasteiger partial charge in [-0.15, -0.1) is 0 Å². The van der Waals surface area contributed by atoms with Gasteiger partial charge in [-0.2, -0.15) is 5.10 Å². The van der Waals surface area contributed by atoms with Gasteiger partial charge in [-0.05, 0) is 37.0 Å². The normalized spacial score (nSPS) is 21.2. The van der Waals surface area contributed by atoms with E-state index in [4.69, 9.17) is 5.73 Å². The molecule has 5 heteroatoms. The number of nitrogens with two attached hydrogens (primary N) is 1. The fraction of sp³-hybridized carbons (Fsp3) is 0.667. The average molecular weight is 234 g/mol. The molecule has 0 spiro atoms. The van der Waals surface area contributed by atoms with E-state index in [0.717, 1.165) is 12.5 Å². The standard InChI is InChI=1S/C12H18N4O/c13-10-5-15-16(6-10)7-11(17)14-8-12(3-4-12)9-1-2-9/h5-6,9H,1-4,7-8,13H2,(H,14,17). The maximum Gasteiger partial charge on any atom is 0.241 e. The zero-order valence-electron chi connectivity index (χ0n) is 9.85. The fourth-order valence-corrected chi connectivity index (χ4v) is 2.53. The van der Waals surface area contributed by atoms with Crippen LogP contribution in [-0.4, -0.2) is 22.2 Å². The topological polar surface area (TPSA) is 72.9 Å². The predicted molar refractivity (Wildman–Crippen MR) is 64.0 cm³/mol. The van der Waals surface area contributed by atoms with Crippen molar-refractivity contribution in [3.8, 4) is 0 Å². The molecule has 0 unspecified atom stereocenters. The minimum atomic E-state index is 0.0278. The number of rotatable bonds is 5. The number of carbonyl (C=O) groups is 1. The van der Waals surface area contributed by atoms with Crippen molar-refractivity contribution >= 4 is 11.6 Å². The van der Waals surface area contributed by atoms with Crippen LogP contribution in [0.1, 0.15) is 25.7 Å². The quantitative estimate of drug-likeness (QED) is 0.790. The second-order valence-corrected chi connectivity index (χ2v) is 5.38. The van der Waals surface area contributed by atoms with E-state index in [1.54, 1.807) is 17.1 Å². The summed E-state index contributed by atoms with van der Waals surface area (Å²) in [7, 11) is 0. The first kappa shape index (κ1) is 10.6. The zero-order chi connectivity index (χ0) is 11.9. The smallest absolute Gasteiger partial charge is 0.241 e. The van der Waals surface area contributed by atoms with E-state index in [1.165, 1.54) is 25.7 Å². The largest absolute Gasteiger partial charge is 0.396 e. The Bertz CT molecular complexity index is 431. The summed E-state index contributed by atoms with van der Waals surface area (Å²) in [6.45, 7) is 1.10. The van der Waals surface area contributed by atoms with E-state index < -0.39 is 0 Å². The summed E-state index contributed by atoms with van der Waals surface area (Å²) in [5.74, 6) is 0.906. The molecule has 5 nitrogen and oxygen atoms in total. The van der Waals surface area contributed by atoms with Gasteiger partial charge >= 0.3 is 0 Å². The third-order valence-corrected chi connectivity index (χ3v) is 3.93. The Kier molecular flexibility index (Phi) is 2.34. The lowest BCUT2D eigenvalue weighted by Gasteiger charge is -2.14. The van der Waals surface area contributed by atoms with Crippen molar-refractivity contribution in [1.29, 1.82) is 0 Å². The van der Waals surface area contributed by atoms with Gasteiger partial charge in [0.2, 0.25) is 5.91 Å². The van der Waals surface area contributed by atoms with Crippen molar-refractivity contribution in [3.05, 3.63) is 12.4 Å². The highest BCUT2D eigenvalue weighted by molar-refractivity contribution is 5.75. The number of nitrogens with zero attached hydrogens (tertiary/aromatic N) is 2. The summed E-state index contributed by atoms with van der Waals surface area (Å²) in [6.07, 6.45) is 8.50. The summed E-state index contributed by atoms with van der Waals surface area (Å²) in [5.41, 5.74) is 6.59. The molecule has 1 amide bonds. The second-order valence-electron chi connectivity index (χ2n) is 5.38. The maximum atomic E-state index is 11.7. The molecule has 2 fully saturated rings. The summed E-state index contributed by atoms with van der Waals surface area (Å²) < 4.78 is 1.57. The van der Waals surface area contributed by atoms with Crippen molar-refractivity contribution in [1.82, 2.24) is 15.1 Å². The molecule has 0 saturated heterocycles. The fourth-order valence-electron chi connectivity index (χ4n) is 2.53. The maximum absolute atomic E-state index is 11.7. The van der Waals surface area contributed by atoms with E-state index in [-0.39, 0.29) is 12.5 Å². The number of nitrogens with one attached hydrogen (secondary N) is 1. The Morgan fingerprint density at radius 3 is 2.88 bits per heavy atom. The second kappa shape index (κ2) is 3.75. The monoisotopic (exact) mass is 234 g/mol. The zero-order valence-corrected chi connectivity index (χ0v) is 9.85. The lowest BCUT2D eigenvalue weighted by Crippen LogP contribution is -2.33. The molecule has 1 heterocycles. The van der Waals surface area contributed by atoms with Crippen molar-refractivity contribution < 1.29 is 4.79 Å². The van der Waals surface area contributed by atoms with E-state index in [2.05, 4.69) is 10.4 Å². The third kappa shape index (κ3) is 2.28. The van der Waals surface area contributed by atoms with Crippen LogP contribution in [0.2, 0.25) is 0 Å². The van der Waals surface area contributed by atoms with Gasteiger partial charge in [-0.3, -0.25) is 9.48 Å². The van der Waals surface area contributed by atoms with Gasteiger partial charge in [0.05, 0.1) is 11.9 Å². The first-order valence-electron chi connectivity index (χ1n) is 6.23. The highest BCUT2D eigenvalue weighted by Crippen LogP contribution is 2.60. The first-order valence-corrected chi connectivity index (χ1v) is 6.23. The number of anilines is 1. The van der Waals surface area contributed by atoms with Gasteiger partial charge in [0.1, 0.15) is 6.54 Å². The van der Waals surface area contributed by atoms with Crippen LogP contribution in [0.15, 0.2) is 12.4 Å². The minimum absolute atomic E-state index is 0.0278. The number of carbonyl (C=O) groups excluding carboxylic acids is 1. The van der Waals surface area contributed by atoms with Crippen LogP contribution < -0.4 is 11.1 Å². The molecule has 0 aromatic carbocycles. The number of amides is 1. The molecule has 0 aliphatic heterocycles. The molecule has 0 radical (unpaired) electrons. The van der Waals surface area contributed by atoms with Crippen molar-refractivity contribution in [2.24, 2.45) is 11.3 Å². The number of aromatic nitrogens is 2. The van der Waals surface area contributed by atoms with Crippen LogP contribution in [0.3, 0.4) is 0 Å². The molecule has 1 aromatic heterocycles. The molecule has 0 atom stereocenters. The Morgan fingerprint density at radius 1 is 1.59 bits per heavy atom. The predicted octanol–water partition coefficient (Wildman–Crippen LogP) is 0.772. The lowest BCUT2D eigenvalue weighted by atomic mass is 10.0. The molecule has 3 rings (SSSR count). The summed E-state index contributed by atoms with van der Waals surface area (Å²) in [6, 6.07) is 0. The molecular formula is C12H18N4O. The van der Waals surface area contributed by atoms with Crippen LogP contribution >= 0.6 is 0 Å². The van der Waals surface area contributed by atoms with Crippen molar-refractivity contribution in [3.63, 3.8) is 0 Å². The number of hydrogen-bond donors (Lipinski definition) is 2. The van der Waals surface area contributed by atoms with Crippen LogP contribution in [0, 0.1) is 11.3 Å². The van der Waals surface area contributed by atoms with Gasteiger partial charge in [-0.25, -0.2) is 0 Å². The molecule has 3 N–H and O–H groups in total. The molecule has 2 aliphatic rings. The van der Waals surface area contributed by atoms with Crippen LogP contribution in [0.5, 0.6) is 0 Å². The highest BCUT2D eigenvalue weighted by atomic mass is 16.2. The van der Waals surface area contributed by atoms with Crippen LogP contribution in [0.4, 0.5) is 5.69 Å². The van der Waals surface area contributed by atoms with Gasteiger partial charge in [0.15, 0.2) is 0 Å². The minimum Gasteiger partial charge on any atom is -0.396 e. The molecule has 0 bridgehead atoms. The molecule has 1 aromatic rings. The Hall–Kier alpha value is -1.52. The lowest BCUT2D eigenvalue weighted by molar-refractivity contribution is -0.122. The molecule has 17 heavy (non-hydrogen) atoms. The van der Waals surface area contributed by atoms with Gasteiger partial charge in [-0.1, -0.05) is 0 Å². The van der Waals surface area contributed by atoms with Crippen LogP contribution in [0.25, 0.3) is 0 Å². The van der Waals surface area contributed by atoms with E-state index in [0.29, 0.717) is 11.1 Å². The Labute approximate surface area is 100 Å². The van der Waals surface area contributed by atoms with Gasteiger partial charge in [0, 0.05) is 12.7 Å². The molecule has 92 valence electrons. The number of nitrogen functional groups attached to an aromatic ring is 1. The Balaban J connectivity index is 1.47. The van der Waals surface area contributed by atoms with E-state index in [1.807, 2.05) is 0 Å². The third-order valence-electron chi connectivity index (χ3n) is 3.93. The SMILES string of the molecule is Nc1cnn(CC(=O)NCC2(C3CC3)CC2)c1. The molecular weight excluding hydrogens is 216 g/mol. The first-order chi connectivity index (χ1) is 8.18. The van der Waals surface area contributed by atoms with Crippen molar-refractivity contribution in [2.45, 2.75) is 32.2 Å². The number of hydrogen-bond acceptors (Lipinski definition) is 3. The molecule has 2 saturated carbocycles. The summed E-state index contributed by atoms with van der Waals surface area (Å²) in [4.78, 5) is 11.7. The van der Waals surface area contributed by atoms with E-state index >= 15 is 0 Å². The summed E-state index contributed by atoms with van der Waals surface area (Å²) in [5, 5.41) is 7.02. The van der Waals surface area contributed by atoms with Gasteiger partial charge in [0.25, 0.3) is 0 Å². The average Bonchev–Trinajstić information content (AvgIpc) is 3.17. The van der Waals surface area contributed by atoms with E-state index in [9.17, 15) is 4.79 Å². The Morgan fingerprint density at radius 2 is 2.35 bits per heavy atom. The van der Waals surface area contributed by atoms with Gasteiger partial charge < -0.3 is 11.1 Å². The molecule has 2 aliphatic carbocycles. The summed E-state index contributed by atoms with van der Waals surface area (Å²) >= 11 is 0. The van der Waals surface area contributed by atoms with Crippen LogP contribution in [-0.2, 0) is 11.3 Å². The van der Waals surface area contributed by atoms with Crippen molar-refractivity contribution in [2.75, 3.05) is 12.3 Å².